The van der Waals surface area contributed by atoms with Gasteiger partial charge in [-0.3, -0.25) is 14.6 Å². The van der Waals surface area contributed by atoms with E-state index >= 15 is 0 Å². The summed E-state index contributed by atoms with van der Waals surface area (Å²) in [6, 6.07) is 9.07. The van der Waals surface area contributed by atoms with Crippen LogP contribution in [0.15, 0.2) is 52.0 Å². The van der Waals surface area contributed by atoms with Crippen molar-refractivity contribution in [2.24, 2.45) is 5.92 Å². The maximum Gasteiger partial charge on any atom is 0.264 e. The normalized spacial score (nSPS) is 18.8. The van der Waals surface area contributed by atoms with Crippen molar-refractivity contribution < 1.29 is 9.32 Å². The zero-order valence-corrected chi connectivity index (χ0v) is 18.4. The van der Waals surface area contributed by atoms with Crippen LogP contribution >= 0.6 is 11.6 Å². The maximum atomic E-state index is 13.5. The van der Waals surface area contributed by atoms with Crippen molar-refractivity contribution in [3.8, 4) is 0 Å². The number of nitrogens with zero attached hydrogens (tertiary/aromatic N) is 3. The minimum Gasteiger partial charge on any atom is -0.355 e. The molecule has 0 spiro atoms. The SMILES string of the molecule is Cc1noc2c1c(=O)n([C@@H]1CCC[C@H](CNC(=O)c3cccnc3)C1)c1cccc(Cl)c21. The first-order chi connectivity index (χ1) is 15.5. The van der Waals surface area contributed by atoms with Crippen LogP contribution in [0.25, 0.3) is 21.9 Å². The van der Waals surface area contributed by atoms with Crippen molar-refractivity contribution in [1.82, 2.24) is 20.0 Å². The van der Waals surface area contributed by atoms with Gasteiger partial charge in [-0.15, -0.1) is 0 Å². The van der Waals surface area contributed by atoms with Crippen LogP contribution in [0.1, 0.15) is 47.8 Å². The lowest BCUT2D eigenvalue weighted by Gasteiger charge is -2.31. The van der Waals surface area contributed by atoms with Gasteiger partial charge in [0.25, 0.3) is 11.5 Å². The molecule has 1 amide bonds. The minimum atomic E-state index is -0.129. The average molecular weight is 451 g/mol. The summed E-state index contributed by atoms with van der Waals surface area (Å²) in [5.74, 6) is 0.144. The van der Waals surface area contributed by atoms with Gasteiger partial charge in [-0.1, -0.05) is 29.2 Å². The molecule has 1 N–H and O–H groups in total. The standard InChI is InChI=1S/C24H23ClN4O3/c1-14-20-22(32-28-14)21-18(25)8-3-9-19(21)29(24(20)31)17-7-2-5-15(11-17)12-27-23(30)16-6-4-10-26-13-16/h3-4,6,8-10,13,15,17H,2,5,7,11-12H2,1H3,(H,27,30)/t15-,17+/m0/s1. The van der Waals surface area contributed by atoms with Gasteiger partial charge in [-0.2, -0.15) is 0 Å². The van der Waals surface area contributed by atoms with Gasteiger partial charge in [0.15, 0.2) is 5.58 Å². The third kappa shape index (κ3) is 3.56. The molecule has 1 aliphatic carbocycles. The van der Waals surface area contributed by atoms with Crippen molar-refractivity contribution >= 4 is 39.4 Å². The molecule has 0 saturated heterocycles. The summed E-state index contributed by atoms with van der Waals surface area (Å²) in [6.07, 6.45) is 6.88. The number of fused-ring (bicyclic) bond motifs is 3. The highest BCUT2D eigenvalue weighted by atomic mass is 35.5. The number of pyridine rings is 2. The van der Waals surface area contributed by atoms with E-state index in [0.29, 0.717) is 33.8 Å². The van der Waals surface area contributed by atoms with Crippen LogP contribution in [0.2, 0.25) is 5.02 Å². The highest BCUT2D eigenvalue weighted by molar-refractivity contribution is 6.37. The molecule has 2 atom stereocenters. The summed E-state index contributed by atoms with van der Waals surface area (Å²) in [4.78, 5) is 30.0. The number of nitrogens with one attached hydrogen (secondary N) is 1. The van der Waals surface area contributed by atoms with Crippen LogP contribution in [0.5, 0.6) is 0 Å². The van der Waals surface area contributed by atoms with E-state index in [-0.39, 0.29) is 23.4 Å². The van der Waals surface area contributed by atoms with E-state index in [1.807, 2.05) is 16.7 Å². The van der Waals surface area contributed by atoms with Gasteiger partial charge >= 0.3 is 0 Å². The molecule has 32 heavy (non-hydrogen) atoms. The predicted molar refractivity (Wildman–Crippen MR) is 123 cm³/mol. The molecule has 0 unspecified atom stereocenters. The third-order valence-corrected chi connectivity index (χ3v) is 6.68. The Balaban J connectivity index is 1.46. The van der Waals surface area contributed by atoms with E-state index in [1.165, 1.54) is 0 Å². The smallest absolute Gasteiger partial charge is 0.264 e. The molecule has 3 heterocycles. The van der Waals surface area contributed by atoms with Crippen LogP contribution < -0.4 is 10.9 Å². The van der Waals surface area contributed by atoms with Gasteiger partial charge in [0.2, 0.25) is 0 Å². The molecule has 5 rings (SSSR count). The lowest BCUT2D eigenvalue weighted by atomic mass is 9.85. The molecule has 1 fully saturated rings. The Kier molecular flexibility index (Phi) is 5.43. The Morgan fingerprint density at radius 2 is 2.12 bits per heavy atom. The highest BCUT2D eigenvalue weighted by Gasteiger charge is 2.28. The number of hydrogen-bond acceptors (Lipinski definition) is 5. The largest absolute Gasteiger partial charge is 0.355 e. The second kappa shape index (κ2) is 8.39. The summed E-state index contributed by atoms with van der Waals surface area (Å²) in [7, 11) is 0. The van der Waals surface area contributed by atoms with Crippen LogP contribution in [-0.4, -0.2) is 27.2 Å². The number of rotatable bonds is 4. The van der Waals surface area contributed by atoms with E-state index in [4.69, 9.17) is 16.1 Å². The lowest BCUT2D eigenvalue weighted by molar-refractivity contribution is 0.0940. The molecule has 8 heteroatoms. The number of halogens is 1. The number of hydrogen-bond donors (Lipinski definition) is 1. The predicted octanol–water partition coefficient (Wildman–Crippen LogP) is 4.66. The van der Waals surface area contributed by atoms with E-state index < -0.39 is 0 Å². The number of aromatic nitrogens is 3. The van der Waals surface area contributed by atoms with Gasteiger partial charge in [0.05, 0.1) is 27.2 Å². The van der Waals surface area contributed by atoms with Gasteiger partial charge in [0.1, 0.15) is 5.39 Å². The molecular formula is C24H23ClN4O3. The van der Waals surface area contributed by atoms with E-state index in [1.54, 1.807) is 37.5 Å². The molecule has 164 valence electrons. The topological polar surface area (TPSA) is 90.0 Å². The average Bonchev–Trinajstić information content (AvgIpc) is 3.20. The van der Waals surface area contributed by atoms with Gasteiger partial charge in [-0.05, 0) is 56.4 Å². The Labute approximate surface area is 189 Å². The van der Waals surface area contributed by atoms with E-state index in [9.17, 15) is 9.59 Å². The van der Waals surface area contributed by atoms with Crippen LogP contribution in [0.4, 0.5) is 0 Å². The summed E-state index contributed by atoms with van der Waals surface area (Å²) in [5.41, 5.74) is 2.22. The molecule has 1 aliphatic rings. The Bertz CT molecular complexity index is 1360. The first-order valence-electron chi connectivity index (χ1n) is 10.8. The van der Waals surface area contributed by atoms with Crippen LogP contribution in [0.3, 0.4) is 0 Å². The van der Waals surface area contributed by atoms with Gasteiger partial charge < -0.3 is 14.4 Å². The van der Waals surface area contributed by atoms with Gasteiger partial charge in [-0.25, -0.2) is 0 Å². The summed E-state index contributed by atoms with van der Waals surface area (Å²) in [5, 5.41) is 8.79. The van der Waals surface area contributed by atoms with Crippen LogP contribution in [0, 0.1) is 12.8 Å². The number of benzene rings is 1. The number of aryl methyl sites for hydroxylation is 1. The quantitative estimate of drug-likeness (QED) is 0.488. The molecule has 7 nitrogen and oxygen atoms in total. The fourth-order valence-electron chi connectivity index (χ4n) is 4.84. The number of amides is 1. The molecule has 1 saturated carbocycles. The summed E-state index contributed by atoms with van der Waals surface area (Å²) < 4.78 is 7.36. The molecule has 0 aliphatic heterocycles. The van der Waals surface area contributed by atoms with Crippen molar-refractivity contribution in [1.29, 1.82) is 0 Å². The lowest BCUT2D eigenvalue weighted by Crippen LogP contribution is -2.34. The van der Waals surface area contributed by atoms with E-state index in [0.717, 1.165) is 36.6 Å². The molecule has 1 aromatic carbocycles. The molecule has 3 aromatic heterocycles. The Hall–Kier alpha value is -3.19. The zero-order chi connectivity index (χ0) is 22.2. The maximum absolute atomic E-state index is 13.5. The molecule has 0 radical (unpaired) electrons. The molecular weight excluding hydrogens is 428 g/mol. The molecule has 0 bridgehead atoms. The van der Waals surface area contributed by atoms with Crippen molar-refractivity contribution in [3.05, 3.63) is 69.4 Å². The molecule has 4 aromatic rings. The van der Waals surface area contributed by atoms with Crippen molar-refractivity contribution in [2.45, 2.75) is 38.6 Å². The van der Waals surface area contributed by atoms with Crippen molar-refractivity contribution in [3.63, 3.8) is 0 Å². The zero-order valence-electron chi connectivity index (χ0n) is 17.7. The fourth-order valence-corrected chi connectivity index (χ4v) is 5.10. The van der Waals surface area contributed by atoms with Gasteiger partial charge in [0, 0.05) is 25.0 Å². The Morgan fingerprint density at radius 1 is 1.25 bits per heavy atom. The number of carbonyl (C=O) groups is 1. The third-order valence-electron chi connectivity index (χ3n) is 6.37. The minimum absolute atomic E-state index is 0.0104. The Morgan fingerprint density at radius 3 is 2.94 bits per heavy atom. The second-order valence-electron chi connectivity index (χ2n) is 8.42. The van der Waals surface area contributed by atoms with E-state index in [2.05, 4.69) is 15.5 Å². The van der Waals surface area contributed by atoms with Crippen LogP contribution in [-0.2, 0) is 0 Å². The summed E-state index contributed by atoms with van der Waals surface area (Å²) >= 11 is 6.52. The fraction of sp³-hybridized carbons (Fsp3) is 0.333. The monoisotopic (exact) mass is 450 g/mol. The first kappa shape index (κ1) is 20.7. The number of carbonyl (C=O) groups excluding carboxylic acids is 1. The van der Waals surface area contributed by atoms with Crippen molar-refractivity contribution in [2.75, 3.05) is 6.54 Å². The highest BCUT2D eigenvalue weighted by Crippen LogP contribution is 2.37. The second-order valence-corrected chi connectivity index (χ2v) is 8.83. The summed E-state index contributed by atoms with van der Waals surface area (Å²) in [6.45, 7) is 2.34. The first-order valence-corrected chi connectivity index (χ1v) is 11.2.